The van der Waals surface area contributed by atoms with Crippen LogP contribution in [-0.2, 0) is 57.1 Å². The Balaban J connectivity index is 0.747. The molecule has 22 nitrogen and oxygen atoms in total. The first-order chi connectivity index (χ1) is 38.8. The van der Waals surface area contributed by atoms with Gasteiger partial charge in [-0.05, 0) is 73.9 Å². The highest BCUT2D eigenvalue weighted by atomic mass is 16.5. The number of benzene rings is 2. The van der Waals surface area contributed by atoms with Crippen LogP contribution < -0.4 is 20.7 Å². The monoisotopic (exact) mass is 1110 g/mol. The third kappa shape index (κ3) is 16.8. The summed E-state index contributed by atoms with van der Waals surface area (Å²) in [5.41, 5.74) is 5.34. The lowest BCUT2D eigenvalue weighted by atomic mass is 9.90. The predicted octanol–water partition coefficient (Wildman–Crippen LogP) is 6.25. The van der Waals surface area contributed by atoms with E-state index in [1.807, 2.05) is 39.1 Å². The number of carbonyl (C=O) groups is 9. The molecule has 5 heterocycles. The maximum Gasteiger partial charge on any atom is 0.309 e. The maximum atomic E-state index is 13.3. The van der Waals surface area contributed by atoms with Gasteiger partial charge in [-0.3, -0.25) is 53.0 Å². The Bertz CT molecular complexity index is 3060. The molecule has 2 atom stereocenters. The number of fused-ring (bicyclic) bond motifs is 2. The van der Waals surface area contributed by atoms with Crippen molar-refractivity contribution in [2.75, 3.05) is 69.9 Å². The lowest BCUT2D eigenvalue weighted by Crippen LogP contribution is -2.35. The standard InChI is InChI=1S/C59H71N9O13/c1-37(2)46(31-45(70)19-25-79-27-26-78-22-7-10-44(69)18-21-67-53(72)16-17-54(67)73)59(77)81-24-9-20-60-56(74)49-30-41(35-65(49)5)40-12-14-42(15-13-40)62-57(75)55-64-51(36-66(55)6)63-52(71)11-8-23-80-50-32-48-47(29-39(50)4)58(76)68-34-38(3)28-43(68)33-61-48/h12-17,29-30,32-33,35-37,43,46H,3,7-11,18-28,31,34H2,1-2,4-6H3,(H,60,74)(H,62,75)(H,63,71)/t43-,46-/m0/s1. The van der Waals surface area contributed by atoms with E-state index in [4.69, 9.17) is 18.9 Å². The molecule has 0 radical (unpaired) electrons. The Morgan fingerprint density at radius 2 is 1.49 bits per heavy atom. The second kappa shape index (κ2) is 28.7. The first-order valence-corrected chi connectivity index (χ1v) is 27.2. The van der Waals surface area contributed by atoms with Crippen LogP contribution in [0, 0.1) is 18.8 Å². The van der Waals surface area contributed by atoms with Crippen LogP contribution >= 0.6 is 0 Å². The van der Waals surface area contributed by atoms with Crippen LogP contribution in [0.1, 0.15) is 109 Å². The van der Waals surface area contributed by atoms with Gasteiger partial charge in [0.15, 0.2) is 5.82 Å². The molecule has 1 saturated heterocycles. The van der Waals surface area contributed by atoms with Crippen LogP contribution in [0.25, 0.3) is 11.1 Å². The number of aromatic nitrogens is 3. The normalized spacial score (nSPS) is 15.0. The summed E-state index contributed by atoms with van der Waals surface area (Å²) >= 11 is 0. The maximum absolute atomic E-state index is 13.3. The van der Waals surface area contributed by atoms with Crippen molar-refractivity contribution in [2.24, 2.45) is 30.9 Å². The van der Waals surface area contributed by atoms with Crippen molar-refractivity contribution >= 4 is 76.4 Å². The van der Waals surface area contributed by atoms with E-state index in [9.17, 15) is 43.2 Å². The van der Waals surface area contributed by atoms with Crippen molar-refractivity contribution in [3.05, 3.63) is 102 Å². The number of hydrogen-bond acceptors (Lipinski definition) is 15. The largest absolute Gasteiger partial charge is 0.493 e. The van der Waals surface area contributed by atoms with Crippen LogP contribution in [0.2, 0.25) is 0 Å². The van der Waals surface area contributed by atoms with E-state index in [2.05, 4.69) is 32.5 Å². The van der Waals surface area contributed by atoms with Crippen LogP contribution in [-0.4, -0.2) is 148 Å². The predicted molar refractivity (Wildman–Crippen MR) is 300 cm³/mol. The molecule has 3 aliphatic rings. The number of aryl methyl sites for hydroxylation is 3. The van der Waals surface area contributed by atoms with E-state index in [0.29, 0.717) is 67.2 Å². The van der Waals surface area contributed by atoms with Crippen molar-refractivity contribution in [3.63, 3.8) is 0 Å². The minimum Gasteiger partial charge on any atom is -0.493 e. The summed E-state index contributed by atoms with van der Waals surface area (Å²) in [6, 6.07) is 12.3. The molecule has 22 heteroatoms. The van der Waals surface area contributed by atoms with E-state index in [0.717, 1.165) is 27.2 Å². The van der Waals surface area contributed by atoms with Gasteiger partial charge >= 0.3 is 5.97 Å². The molecular weight excluding hydrogens is 1040 g/mol. The number of nitrogens with one attached hydrogen (secondary N) is 3. The molecule has 81 heavy (non-hydrogen) atoms. The van der Waals surface area contributed by atoms with Gasteiger partial charge in [0.25, 0.3) is 29.5 Å². The van der Waals surface area contributed by atoms with Crippen molar-refractivity contribution in [2.45, 2.75) is 84.6 Å². The summed E-state index contributed by atoms with van der Waals surface area (Å²) in [6.07, 6.45) is 10.1. The average molecular weight is 1110 g/mol. The molecule has 7 rings (SSSR count). The van der Waals surface area contributed by atoms with Crippen LogP contribution in [0.15, 0.2) is 84.2 Å². The quantitative estimate of drug-likeness (QED) is 0.0218. The van der Waals surface area contributed by atoms with E-state index < -0.39 is 29.6 Å². The fraction of sp³-hybridized carbons (Fsp3) is 0.441. The molecule has 0 unspecified atom stereocenters. The Kier molecular flexibility index (Phi) is 21.3. The number of hydrogen-bond donors (Lipinski definition) is 3. The van der Waals surface area contributed by atoms with Gasteiger partial charge in [-0.2, -0.15) is 0 Å². The molecular formula is C59H71N9O13. The topological polar surface area (TPSA) is 268 Å². The fourth-order valence-corrected chi connectivity index (χ4v) is 9.33. The molecule has 0 bridgehead atoms. The van der Waals surface area contributed by atoms with E-state index in [-0.39, 0.29) is 131 Å². The number of imidazole rings is 1. The van der Waals surface area contributed by atoms with Crippen LogP contribution in [0.4, 0.5) is 17.2 Å². The van der Waals surface area contributed by atoms with Crippen molar-refractivity contribution in [1.82, 2.24) is 29.2 Å². The number of carbonyl (C=O) groups excluding carboxylic acids is 9. The second-order valence-electron chi connectivity index (χ2n) is 20.6. The highest BCUT2D eigenvalue weighted by molar-refractivity contribution is 6.13. The SMILES string of the molecule is C=C1C[C@H]2C=Nc3cc(OCCCC(=O)Nc4cn(C)c(C(=O)Nc5ccc(-c6cc(C(=O)NCCCOC(=O)[C@@H](CC(=O)CCOCCOCCCC(=O)CCN7C(=O)C=CC7=O)C(C)C)n(C)c6)cc5)n4)c(C)cc3C(=O)N2C1. The van der Waals surface area contributed by atoms with Gasteiger partial charge < -0.3 is 48.9 Å². The van der Waals surface area contributed by atoms with Gasteiger partial charge in [0.1, 0.15) is 23.0 Å². The zero-order chi connectivity index (χ0) is 58.2. The Morgan fingerprint density at radius 3 is 2.23 bits per heavy atom. The Labute approximate surface area is 470 Å². The highest BCUT2D eigenvalue weighted by Gasteiger charge is 2.34. The fourth-order valence-electron chi connectivity index (χ4n) is 9.33. The Morgan fingerprint density at radius 1 is 0.765 bits per heavy atom. The molecule has 430 valence electrons. The molecule has 0 aliphatic carbocycles. The van der Waals surface area contributed by atoms with Crippen molar-refractivity contribution in [1.29, 1.82) is 0 Å². The molecule has 0 saturated carbocycles. The van der Waals surface area contributed by atoms with E-state index >= 15 is 0 Å². The van der Waals surface area contributed by atoms with Gasteiger partial charge in [0.2, 0.25) is 11.7 Å². The number of amides is 6. The van der Waals surface area contributed by atoms with Crippen molar-refractivity contribution < 1.29 is 62.1 Å². The van der Waals surface area contributed by atoms with Crippen LogP contribution in [0.3, 0.4) is 0 Å². The number of Topliss-reactive ketones (excluding diaryl/α,β-unsaturated/α-hetero) is 2. The molecule has 2 aromatic carbocycles. The summed E-state index contributed by atoms with van der Waals surface area (Å²) in [5.74, 6) is -2.57. The molecule has 4 aromatic rings. The first-order valence-electron chi connectivity index (χ1n) is 27.2. The third-order valence-electron chi connectivity index (χ3n) is 13.9. The zero-order valence-corrected chi connectivity index (χ0v) is 46.6. The third-order valence-corrected chi connectivity index (χ3v) is 13.9. The summed E-state index contributed by atoms with van der Waals surface area (Å²) in [7, 11) is 3.41. The number of rotatable bonds is 31. The summed E-state index contributed by atoms with van der Waals surface area (Å²) in [4.78, 5) is 125. The number of ether oxygens (including phenoxy) is 4. The number of nitrogens with zero attached hydrogens (tertiary/aromatic N) is 6. The molecule has 1 fully saturated rings. The number of esters is 1. The van der Waals surface area contributed by atoms with Crippen molar-refractivity contribution in [3.8, 4) is 16.9 Å². The summed E-state index contributed by atoms with van der Waals surface area (Å²) in [6.45, 7) is 11.8. The van der Waals surface area contributed by atoms with Gasteiger partial charge in [-0.25, -0.2) is 4.98 Å². The molecule has 6 amide bonds. The summed E-state index contributed by atoms with van der Waals surface area (Å²) in [5, 5.41) is 8.45. The molecule has 2 aromatic heterocycles. The molecule has 0 spiro atoms. The van der Waals surface area contributed by atoms with Crippen LogP contribution in [0.5, 0.6) is 5.75 Å². The van der Waals surface area contributed by atoms with Gasteiger partial charge in [-0.15, -0.1) is 0 Å². The number of anilines is 2. The van der Waals surface area contributed by atoms with E-state index in [1.165, 1.54) is 16.7 Å². The number of ketones is 2. The van der Waals surface area contributed by atoms with Gasteiger partial charge in [-0.1, -0.05) is 38.1 Å². The lowest BCUT2D eigenvalue weighted by Gasteiger charge is -2.20. The number of aliphatic imine (C=N–C) groups is 1. The highest BCUT2D eigenvalue weighted by Crippen LogP contribution is 2.35. The summed E-state index contributed by atoms with van der Waals surface area (Å²) < 4.78 is 25.8. The molecule has 3 aliphatic heterocycles. The minimum atomic E-state index is -0.631. The molecule has 3 N–H and O–H groups in total. The number of imide groups is 1. The lowest BCUT2D eigenvalue weighted by molar-refractivity contribution is -0.152. The smallest absolute Gasteiger partial charge is 0.309 e. The average Bonchev–Trinajstić information content (AvgIpc) is 4.21. The minimum absolute atomic E-state index is 0.0124. The van der Waals surface area contributed by atoms with E-state index in [1.54, 1.807) is 66.3 Å². The Hall–Kier alpha value is -8.37. The second-order valence-corrected chi connectivity index (χ2v) is 20.6. The first kappa shape index (κ1) is 60.3. The van der Waals surface area contributed by atoms with Gasteiger partial charge in [0, 0.05) is 121 Å². The zero-order valence-electron chi connectivity index (χ0n) is 46.6. The van der Waals surface area contributed by atoms with Gasteiger partial charge in [0.05, 0.1) is 56.2 Å².